The Morgan fingerprint density at radius 3 is 2.54 bits per heavy atom. The first kappa shape index (κ1) is 20.7. The van der Waals surface area contributed by atoms with Crippen LogP contribution in [0.5, 0.6) is 0 Å². The number of nitrogens with zero attached hydrogens (tertiary/aromatic N) is 1. The summed E-state index contributed by atoms with van der Waals surface area (Å²) in [5, 5.41) is 0.100. The van der Waals surface area contributed by atoms with E-state index in [0.29, 0.717) is 13.1 Å². The Labute approximate surface area is 158 Å². The normalized spacial score (nSPS) is 16.2. The Hall–Kier alpha value is -1.64. The molecule has 1 fully saturated rings. The standard InChI is InChI=1S/C17H23ClN2O5S/c1-13(17(22)20-11-5-2-6-12-20)25-16(21)9-10-19-26(23,24)15-8-4-3-7-14(15)18/h3-4,7-8,13,19H,2,5-6,9-12H2,1H3/t13-/m1/s1. The molecule has 1 atom stereocenters. The van der Waals surface area contributed by atoms with Crippen LogP contribution in [0.4, 0.5) is 0 Å². The molecule has 1 aliphatic heterocycles. The average Bonchev–Trinajstić information content (AvgIpc) is 2.61. The van der Waals surface area contributed by atoms with Crippen LogP contribution in [-0.2, 0) is 24.3 Å². The number of carbonyl (C=O) groups is 2. The number of likely N-dealkylation sites (tertiary alicyclic amines) is 1. The summed E-state index contributed by atoms with van der Waals surface area (Å²) in [6, 6.07) is 6.03. The molecule has 0 radical (unpaired) electrons. The second-order valence-electron chi connectivity index (χ2n) is 6.10. The van der Waals surface area contributed by atoms with Gasteiger partial charge in [0.1, 0.15) is 4.90 Å². The summed E-state index contributed by atoms with van der Waals surface area (Å²) in [6.07, 6.45) is 1.96. The first-order chi connectivity index (χ1) is 12.3. The summed E-state index contributed by atoms with van der Waals surface area (Å²) >= 11 is 5.87. The van der Waals surface area contributed by atoms with Gasteiger partial charge in [0.15, 0.2) is 6.10 Å². The molecule has 0 saturated carbocycles. The molecule has 2 rings (SSSR count). The molecule has 0 aliphatic carbocycles. The van der Waals surface area contributed by atoms with Gasteiger partial charge in [0.2, 0.25) is 10.0 Å². The molecule has 0 unspecified atom stereocenters. The fourth-order valence-electron chi connectivity index (χ4n) is 2.71. The number of rotatable bonds is 7. The quantitative estimate of drug-likeness (QED) is 0.703. The Bertz CT molecular complexity index is 747. The van der Waals surface area contributed by atoms with Crippen LogP contribution < -0.4 is 4.72 Å². The maximum absolute atomic E-state index is 12.2. The van der Waals surface area contributed by atoms with Gasteiger partial charge < -0.3 is 9.64 Å². The highest BCUT2D eigenvalue weighted by molar-refractivity contribution is 7.89. The maximum atomic E-state index is 12.2. The second-order valence-corrected chi connectivity index (χ2v) is 8.24. The SMILES string of the molecule is C[C@@H](OC(=O)CCNS(=O)(=O)c1ccccc1Cl)C(=O)N1CCCCC1. The van der Waals surface area contributed by atoms with E-state index in [1.165, 1.54) is 19.1 Å². The van der Waals surface area contributed by atoms with Gasteiger partial charge in [-0.25, -0.2) is 13.1 Å². The van der Waals surface area contributed by atoms with E-state index in [9.17, 15) is 18.0 Å². The molecule has 1 heterocycles. The van der Waals surface area contributed by atoms with Gasteiger partial charge in [-0.3, -0.25) is 9.59 Å². The molecule has 9 heteroatoms. The predicted octanol–water partition coefficient (Wildman–Crippen LogP) is 1.95. The van der Waals surface area contributed by atoms with Gasteiger partial charge in [0, 0.05) is 19.6 Å². The van der Waals surface area contributed by atoms with Gasteiger partial charge in [-0.2, -0.15) is 0 Å². The topological polar surface area (TPSA) is 92.8 Å². The zero-order valence-corrected chi connectivity index (χ0v) is 16.2. The van der Waals surface area contributed by atoms with Gasteiger partial charge in [0.25, 0.3) is 5.91 Å². The van der Waals surface area contributed by atoms with E-state index in [1.807, 2.05) is 0 Å². The van der Waals surface area contributed by atoms with Crippen molar-refractivity contribution in [1.29, 1.82) is 0 Å². The molecule has 7 nitrogen and oxygen atoms in total. The first-order valence-electron chi connectivity index (χ1n) is 8.54. The molecule has 0 aromatic heterocycles. The third kappa shape index (κ3) is 5.69. The lowest BCUT2D eigenvalue weighted by atomic mass is 10.1. The summed E-state index contributed by atoms with van der Waals surface area (Å²) < 4.78 is 31.7. The summed E-state index contributed by atoms with van der Waals surface area (Å²) in [4.78, 5) is 25.7. The highest BCUT2D eigenvalue weighted by atomic mass is 35.5. The Morgan fingerprint density at radius 2 is 1.88 bits per heavy atom. The molecular formula is C17H23ClN2O5S. The molecule has 0 spiro atoms. The van der Waals surface area contributed by atoms with Crippen molar-refractivity contribution in [2.24, 2.45) is 0 Å². The second kappa shape index (κ2) is 9.34. The minimum Gasteiger partial charge on any atom is -0.452 e. The summed E-state index contributed by atoms with van der Waals surface area (Å²) in [5.74, 6) is -0.848. The van der Waals surface area contributed by atoms with Gasteiger partial charge in [-0.05, 0) is 38.3 Å². The zero-order chi connectivity index (χ0) is 19.2. The van der Waals surface area contributed by atoms with Crippen molar-refractivity contribution in [3.8, 4) is 0 Å². The third-order valence-corrected chi connectivity index (χ3v) is 6.03. The minimum absolute atomic E-state index is 0.0521. The highest BCUT2D eigenvalue weighted by Crippen LogP contribution is 2.20. The number of hydrogen-bond donors (Lipinski definition) is 1. The van der Waals surface area contributed by atoms with Crippen molar-refractivity contribution in [2.45, 2.75) is 43.6 Å². The number of carbonyl (C=O) groups excluding carboxylic acids is 2. The van der Waals surface area contributed by atoms with Crippen molar-refractivity contribution in [3.05, 3.63) is 29.3 Å². The molecule has 1 aliphatic rings. The van der Waals surface area contributed by atoms with E-state index < -0.39 is 22.1 Å². The van der Waals surface area contributed by atoms with E-state index in [2.05, 4.69) is 4.72 Å². The molecule has 1 saturated heterocycles. The maximum Gasteiger partial charge on any atom is 0.307 e. The Balaban J connectivity index is 1.79. The number of nitrogens with one attached hydrogen (secondary N) is 1. The zero-order valence-electron chi connectivity index (χ0n) is 14.6. The van der Waals surface area contributed by atoms with Crippen LogP contribution in [0.25, 0.3) is 0 Å². The van der Waals surface area contributed by atoms with E-state index in [0.717, 1.165) is 19.3 Å². The molecule has 1 N–H and O–H groups in total. The molecule has 1 aromatic rings. The van der Waals surface area contributed by atoms with Crippen molar-refractivity contribution in [2.75, 3.05) is 19.6 Å². The Kier molecular flexibility index (Phi) is 7.43. The number of hydrogen-bond acceptors (Lipinski definition) is 5. The number of esters is 1. The highest BCUT2D eigenvalue weighted by Gasteiger charge is 2.25. The summed E-state index contributed by atoms with van der Waals surface area (Å²) in [6.45, 7) is 2.75. The van der Waals surface area contributed by atoms with Gasteiger partial charge in [-0.15, -0.1) is 0 Å². The van der Waals surface area contributed by atoms with Crippen molar-refractivity contribution < 1.29 is 22.7 Å². The fraction of sp³-hybridized carbons (Fsp3) is 0.529. The molecule has 144 valence electrons. The van der Waals surface area contributed by atoms with Crippen LogP contribution in [0.15, 0.2) is 29.2 Å². The predicted molar refractivity (Wildman–Crippen MR) is 97.2 cm³/mol. The van der Waals surface area contributed by atoms with Crippen molar-refractivity contribution in [3.63, 3.8) is 0 Å². The van der Waals surface area contributed by atoms with E-state index in [-0.39, 0.29) is 28.8 Å². The molecule has 26 heavy (non-hydrogen) atoms. The van der Waals surface area contributed by atoms with Crippen LogP contribution in [0.3, 0.4) is 0 Å². The fourth-order valence-corrected chi connectivity index (χ4v) is 4.26. The lowest BCUT2D eigenvalue weighted by Crippen LogP contribution is -2.42. The van der Waals surface area contributed by atoms with Crippen molar-refractivity contribution in [1.82, 2.24) is 9.62 Å². The minimum atomic E-state index is -3.81. The lowest BCUT2D eigenvalue weighted by molar-refractivity contribution is -0.159. The summed E-state index contributed by atoms with van der Waals surface area (Å²) in [7, 11) is -3.81. The van der Waals surface area contributed by atoms with Crippen LogP contribution in [0, 0.1) is 0 Å². The summed E-state index contributed by atoms with van der Waals surface area (Å²) in [5.41, 5.74) is 0. The van der Waals surface area contributed by atoms with Gasteiger partial charge in [-0.1, -0.05) is 23.7 Å². The van der Waals surface area contributed by atoms with E-state index >= 15 is 0 Å². The number of sulfonamides is 1. The molecule has 1 aromatic carbocycles. The Morgan fingerprint density at radius 1 is 1.23 bits per heavy atom. The van der Waals surface area contributed by atoms with E-state index in [1.54, 1.807) is 17.0 Å². The van der Waals surface area contributed by atoms with E-state index in [4.69, 9.17) is 16.3 Å². The van der Waals surface area contributed by atoms with Gasteiger partial charge in [0.05, 0.1) is 11.4 Å². The monoisotopic (exact) mass is 402 g/mol. The average molecular weight is 403 g/mol. The number of piperidine rings is 1. The number of benzene rings is 1. The third-order valence-electron chi connectivity index (χ3n) is 4.07. The smallest absolute Gasteiger partial charge is 0.307 e. The molecule has 0 bridgehead atoms. The van der Waals surface area contributed by atoms with Crippen LogP contribution in [0.1, 0.15) is 32.6 Å². The molecular weight excluding hydrogens is 380 g/mol. The first-order valence-corrected chi connectivity index (χ1v) is 10.4. The van der Waals surface area contributed by atoms with Crippen LogP contribution >= 0.6 is 11.6 Å². The number of halogens is 1. The van der Waals surface area contributed by atoms with Crippen LogP contribution in [-0.4, -0.2) is 50.9 Å². The van der Waals surface area contributed by atoms with Crippen LogP contribution in [0.2, 0.25) is 5.02 Å². The number of ether oxygens (including phenoxy) is 1. The lowest BCUT2D eigenvalue weighted by Gasteiger charge is -2.28. The van der Waals surface area contributed by atoms with Crippen molar-refractivity contribution >= 4 is 33.5 Å². The van der Waals surface area contributed by atoms with Gasteiger partial charge >= 0.3 is 5.97 Å². The number of amides is 1. The largest absolute Gasteiger partial charge is 0.452 e. The molecule has 1 amide bonds.